The van der Waals surface area contributed by atoms with Crippen LogP contribution in [0, 0.1) is 6.92 Å². The van der Waals surface area contributed by atoms with Crippen molar-refractivity contribution in [2.75, 3.05) is 10.0 Å². The lowest BCUT2D eigenvalue weighted by Crippen LogP contribution is -2.17. The first-order chi connectivity index (χ1) is 12.3. The zero-order valence-corrected chi connectivity index (χ0v) is 14.9. The maximum absolute atomic E-state index is 12.3. The van der Waals surface area contributed by atoms with Crippen LogP contribution >= 0.6 is 0 Å². The molecule has 0 bridgehead atoms. The Morgan fingerprint density at radius 3 is 2.35 bits per heavy atom. The fraction of sp³-hybridized carbons (Fsp3) is 0.125. The van der Waals surface area contributed by atoms with E-state index >= 15 is 0 Å². The van der Waals surface area contributed by atoms with E-state index in [1.165, 1.54) is 41.3 Å². The van der Waals surface area contributed by atoms with Crippen LogP contribution in [0.15, 0.2) is 53.7 Å². The Morgan fingerprint density at radius 1 is 1.12 bits per heavy atom. The molecule has 1 aromatic carbocycles. The van der Waals surface area contributed by atoms with E-state index in [1.54, 1.807) is 26.1 Å². The second-order valence-electron chi connectivity index (χ2n) is 5.45. The minimum absolute atomic E-state index is 0.0172. The number of hydrogen-bond acceptors (Lipinski definition) is 6. The first-order valence-electron chi connectivity index (χ1n) is 7.57. The predicted molar refractivity (Wildman–Crippen MR) is 95.2 cm³/mol. The summed E-state index contributed by atoms with van der Waals surface area (Å²) < 4.78 is 28.4. The van der Waals surface area contributed by atoms with Crippen LogP contribution in [0.4, 0.5) is 11.6 Å². The number of amides is 1. The van der Waals surface area contributed by atoms with Gasteiger partial charge in [0.2, 0.25) is 5.95 Å². The summed E-state index contributed by atoms with van der Waals surface area (Å²) in [7, 11) is -2.14. The van der Waals surface area contributed by atoms with Gasteiger partial charge in [-0.25, -0.2) is 23.1 Å². The first-order valence-corrected chi connectivity index (χ1v) is 9.05. The van der Waals surface area contributed by atoms with Gasteiger partial charge in [0, 0.05) is 25.1 Å². The highest BCUT2D eigenvalue weighted by Crippen LogP contribution is 2.17. The van der Waals surface area contributed by atoms with Crippen LogP contribution in [0.25, 0.3) is 0 Å². The number of carbonyl (C=O) groups is 1. The van der Waals surface area contributed by atoms with Crippen LogP contribution in [0.1, 0.15) is 16.2 Å². The predicted octanol–water partition coefficient (Wildman–Crippen LogP) is 1.57. The number of sulfonamides is 1. The second kappa shape index (κ2) is 6.92. The monoisotopic (exact) mass is 372 g/mol. The first kappa shape index (κ1) is 17.5. The average Bonchev–Trinajstić information content (AvgIpc) is 2.94. The van der Waals surface area contributed by atoms with Crippen molar-refractivity contribution in [3.05, 3.63) is 60.2 Å². The van der Waals surface area contributed by atoms with E-state index in [1.807, 2.05) is 0 Å². The zero-order chi connectivity index (χ0) is 18.7. The summed E-state index contributed by atoms with van der Waals surface area (Å²) in [6, 6.07) is 9.02. The van der Waals surface area contributed by atoms with Gasteiger partial charge in [-0.15, -0.1) is 0 Å². The molecule has 0 saturated heterocycles. The molecule has 134 valence electrons. The van der Waals surface area contributed by atoms with Crippen LogP contribution in [0.3, 0.4) is 0 Å². The zero-order valence-electron chi connectivity index (χ0n) is 14.0. The lowest BCUT2D eigenvalue weighted by atomic mass is 10.3. The Labute approximate surface area is 150 Å². The number of benzene rings is 1. The van der Waals surface area contributed by atoms with Crippen LogP contribution in [0.2, 0.25) is 0 Å². The highest BCUT2D eigenvalue weighted by atomic mass is 32.2. The molecule has 9 nitrogen and oxygen atoms in total. The normalized spacial score (nSPS) is 11.2. The number of carbonyl (C=O) groups excluding carboxylic acids is 1. The lowest BCUT2D eigenvalue weighted by Gasteiger charge is -2.08. The minimum Gasteiger partial charge on any atom is -0.321 e. The molecule has 0 aliphatic rings. The number of hydrogen-bond donors (Lipinski definition) is 2. The van der Waals surface area contributed by atoms with Crippen molar-refractivity contribution < 1.29 is 13.2 Å². The fourth-order valence-electron chi connectivity index (χ4n) is 2.27. The lowest BCUT2D eigenvalue weighted by molar-refractivity contribution is 0.101. The third kappa shape index (κ3) is 3.86. The second-order valence-corrected chi connectivity index (χ2v) is 7.13. The quantitative estimate of drug-likeness (QED) is 0.702. The van der Waals surface area contributed by atoms with Gasteiger partial charge in [0.25, 0.3) is 15.9 Å². The summed E-state index contributed by atoms with van der Waals surface area (Å²) in [5.74, 6) is -0.351. The molecule has 0 aliphatic heterocycles. The summed E-state index contributed by atoms with van der Waals surface area (Å²) in [5, 5.41) is 6.82. The van der Waals surface area contributed by atoms with Gasteiger partial charge in [0.1, 0.15) is 5.69 Å². The molecule has 0 unspecified atom stereocenters. The van der Waals surface area contributed by atoms with E-state index in [2.05, 4.69) is 25.1 Å². The van der Waals surface area contributed by atoms with Gasteiger partial charge in [0.15, 0.2) is 0 Å². The summed E-state index contributed by atoms with van der Waals surface area (Å²) in [6.45, 7) is 1.79. The van der Waals surface area contributed by atoms with E-state index in [9.17, 15) is 13.2 Å². The number of aromatic nitrogens is 4. The van der Waals surface area contributed by atoms with Gasteiger partial charge >= 0.3 is 0 Å². The standard InChI is InChI=1S/C16H16N6O3S/c1-11-10-14(22(2)20-11)15(23)19-12-4-6-13(7-5-12)26(24,25)21-16-17-8-3-9-18-16/h3-10H,1-2H3,(H,19,23)(H,17,18,21). The average molecular weight is 372 g/mol. The van der Waals surface area contributed by atoms with Gasteiger partial charge in [0.05, 0.1) is 10.6 Å². The molecule has 3 aromatic rings. The molecule has 0 spiro atoms. The molecule has 2 N–H and O–H groups in total. The van der Waals surface area contributed by atoms with E-state index in [0.29, 0.717) is 11.4 Å². The van der Waals surface area contributed by atoms with Crippen LogP contribution in [0.5, 0.6) is 0 Å². The SMILES string of the molecule is Cc1cc(C(=O)Nc2ccc(S(=O)(=O)Nc3ncccn3)cc2)n(C)n1. The number of nitrogens with zero attached hydrogens (tertiary/aromatic N) is 4. The van der Waals surface area contributed by atoms with Gasteiger partial charge < -0.3 is 5.32 Å². The topological polar surface area (TPSA) is 119 Å². The number of anilines is 2. The summed E-state index contributed by atoms with van der Waals surface area (Å²) >= 11 is 0. The van der Waals surface area contributed by atoms with Crippen molar-refractivity contribution in [1.29, 1.82) is 0 Å². The van der Waals surface area contributed by atoms with Crippen molar-refractivity contribution in [2.45, 2.75) is 11.8 Å². The molecule has 0 radical (unpaired) electrons. The molecule has 0 fully saturated rings. The van der Waals surface area contributed by atoms with E-state index in [4.69, 9.17) is 0 Å². The highest BCUT2D eigenvalue weighted by molar-refractivity contribution is 7.92. The fourth-order valence-corrected chi connectivity index (χ4v) is 3.22. The Balaban J connectivity index is 1.74. The van der Waals surface area contributed by atoms with E-state index in [0.717, 1.165) is 5.69 Å². The van der Waals surface area contributed by atoms with Crippen LogP contribution < -0.4 is 10.0 Å². The van der Waals surface area contributed by atoms with E-state index in [-0.39, 0.29) is 16.8 Å². The number of nitrogens with one attached hydrogen (secondary N) is 2. The summed E-state index contributed by atoms with van der Waals surface area (Å²) in [5.41, 5.74) is 1.60. The molecule has 0 aliphatic carbocycles. The molecule has 26 heavy (non-hydrogen) atoms. The Hall–Kier alpha value is -3.27. The van der Waals surface area contributed by atoms with Crippen molar-refractivity contribution in [3.8, 4) is 0 Å². The van der Waals surface area contributed by atoms with Crippen molar-refractivity contribution in [1.82, 2.24) is 19.7 Å². The largest absolute Gasteiger partial charge is 0.321 e. The molecule has 0 atom stereocenters. The molecule has 10 heteroatoms. The Morgan fingerprint density at radius 2 is 1.77 bits per heavy atom. The maximum Gasteiger partial charge on any atom is 0.273 e. The third-order valence-electron chi connectivity index (χ3n) is 3.45. The van der Waals surface area contributed by atoms with Crippen LogP contribution in [-0.4, -0.2) is 34.1 Å². The van der Waals surface area contributed by atoms with Gasteiger partial charge in [-0.05, 0) is 43.3 Å². The van der Waals surface area contributed by atoms with Gasteiger partial charge in [-0.1, -0.05) is 0 Å². The molecule has 0 saturated carbocycles. The minimum atomic E-state index is -3.82. The number of rotatable bonds is 5. The van der Waals surface area contributed by atoms with Crippen LogP contribution in [-0.2, 0) is 17.1 Å². The van der Waals surface area contributed by atoms with E-state index < -0.39 is 10.0 Å². The Bertz CT molecular complexity index is 1030. The molecule has 1 amide bonds. The smallest absolute Gasteiger partial charge is 0.273 e. The molecular formula is C16H16N6O3S. The third-order valence-corrected chi connectivity index (χ3v) is 4.79. The highest BCUT2D eigenvalue weighted by Gasteiger charge is 2.16. The van der Waals surface area contributed by atoms with Gasteiger partial charge in [-0.2, -0.15) is 5.10 Å². The molecule has 2 heterocycles. The summed E-state index contributed by atoms with van der Waals surface area (Å²) in [6.07, 6.45) is 2.87. The van der Waals surface area contributed by atoms with Crippen molar-refractivity contribution in [3.63, 3.8) is 0 Å². The van der Waals surface area contributed by atoms with Crippen molar-refractivity contribution in [2.24, 2.45) is 7.05 Å². The molecular weight excluding hydrogens is 356 g/mol. The molecule has 2 aromatic heterocycles. The Kier molecular flexibility index (Phi) is 4.67. The molecule has 3 rings (SSSR count). The maximum atomic E-state index is 12.3. The van der Waals surface area contributed by atoms with Gasteiger partial charge in [-0.3, -0.25) is 9.48 Å². The number of aryl methyl sites for hydroxylation is 2. The summed E-state index contributed by atoms with van der Waals surface area (Å²) in [4.78, 5) is 19.9. The van der Waals surface area contributed by atoms with Crippen molar-refractivity contribution >= 4 is 27.6 Å².